The van der Waals surface area contributed by atoms with E-state index < -0.39 is 24.1 Å². The lowest BCUT2D eigenvalue weighted by Gasteiger charge is -2.15. The standard InChI is InChI=1S/C15H16ClF2NO3S/c16-10-2-1-3-11(13(10)23-7-12(17)18)19-14(20)8-4-5-9(6-8)15(21)22/h1-3,8-9,12H,4-7H2,(H,19,20)(H,21,22)/t8-,9+/m0/s1. The van der Waals surface area contributed by atoms with Gasteiger partial charge in [-0.15, -0.1) is 11.8 Å². The van der Waals surface area contributed by atoms with Gasteiger partial charge in [-0.3, -0.25) is 9.59 Å². The van der Waals surface area contributed by atoms with Crippen molar-refractivity contribution in [1.82, 2.24) is 0 Å². The molecule has 4 nitrogen and oxygen atoms in total. The van der Waals surface area contributed by atoms with Crippen molar-refractivity contribution in [3.8, 4) is 0 Å². The molecule has 1 aromatic rings. The second-order valence-corrected chi connectivity index (χ2v) is 6.79. The van der Waals surface area contributed by atoms with Gasteiger partial charge in [0.15, 0.2) is 0 Å². The number of hydrogen-bond acceptors (Lipinski definition) is 3. The first kappa shape index (κ1) is 18.0. The normalized spacial score (nSPS) is 20.7. The predicted molar refractivity (Wildman–Crippen MR) is 85.3 cm³/mol. The molecule has 0 heterocycles. The number of nitrogens with one attached hydrogen (secondary N) is 1. The maximum atomic E-state index is 12.4. The second kappa shape index (κ2) is 7.97. The minimum atomic E-state index is -2.48. The molecule has 2 N–H and O–H groups in total. The fourth-order valence-corrected chi connectivity index (χ4v) is 3.69. The van der Waals surface area contributed by atoms with Crippen LogP contribution in [0.4, 0.5) is 14.5 Å². The molecule has 0 radical (unpaired) electrons. The number of hydrogen-bond donors (Lipinski definition) is 2. The number of anilines is 1. The number of carboxylic acids is 1. The van der Waals surface area contributed by atoms with Crippen LogP contribution in [-0.2, 0) is 9.59 Å². The largest absolute Gasteiger partial charge is 0.481 e. The molecule has 0 spiro atoms. The molecule has 8 heteroatoms. The Balaban J connectivity index is 2.06. The van der Waals surface area contributed by atoms with Gasteiger partial charge in [-0.2, -0.15) is 0 Å². The first-order valence-corrected chi connectivity index (χ1v) is 8.48. The fourth-order valence-electron chi connectivity index (χ4n) is 2.58. The SMILES string of the molecule is O=C(O)[C@@H]1CC[C@H](C(=O)Nc2cccc(Cl)c2SCC(F)F)C1. The molecule has 1 aromatic carbocycles. The van der Waals surface area contributed by atoms with E-state index >= 15 is 0 Å². The summed E-state index contributed by atoms with van der Waals surface area (Å²) in [5.74, 6) is -2.50. The van der Waals surface area contributed by atoms with E-state index in [2.05, 4.69) is 5.32 Å². The number of thioether (sulfide) groups is 1. The van der Waals surface area contributed by atoms with E-state index in [0.717, 1.165) is 11.8 Å². The molecule has 1 aliphatic rings. The summed E-state index contributed by atoms with van der Waals surface area (Å²) in [4.78, 5) is 23.6. The Hall–Kier alpha value is -1.34. The van der Waals surface area contributed by atoms with Crippen LogP contribution in [0.3, 0.4) is 0 Å². The van der Waals surface area contributed by atoms with Gasteiger partial charge in [0.25, 0.3) is 0 Å². The van der Waals surface area contributed by atoms with Crippen molar-refractivity contribution < 1.29 is 23.5 Å². The second-order valence-electron chi connectivity index (χ2n) is 5.35. The van der Waals surface area contributed by atoms with Crippen LogP contribution in [0.15, 0.2) is 23.1 Å². The average Bonchev–Trinajstić information content (AvgIpc) is 2.96. The van der Waals surface area contributed by atoms with E-state index in [-0.39, 0.29) is 11.8 Å². The Labute approximate surface area is 141 Å². The molecule has 2 atom stereocenters. The molecule has 1 aliphatic carbocycles. The van der Waals surface area contributed by atoms with Crippen LogP contribution in [0.25, 0.3) is 0 Å². The highest BCUT2D eigenvalue weighted by atomic mass is 35.5. The highest BCUT2D eigenvalue weighted by molar-refractivity contribution is 7.99. The van der Waals surface area contributed by atoms with Crippen molar-refractivity contribution in [2.24, 2.45) is 11.8 Å². The molecule has 0 aliphatic heterocycles. The molecular formula is C15H16ClF2NO3S. The zero-order valence-corrected chi connectivity index (χ0v) is 13.7. The number of carbonyl (C=O) groups is 2. The van der Waals surface area contributed by atoms with Gasteiger partial charge in [-0.05, 0) is 31.4 Å². The number of alkyl halides is 2. The van der Waals surface area contributed by atoms with Gasteiger partial charge in [-0.1, -0.05) is 17.7 Å². The number of benzene rings is 1. The smallest absolute Gasteiger partial charge is 0.306 e. The van der Waals surface area contributed by atoms with Gasteiger partial charge in [0.1, 0.15) is 0 Å². The predicted octanol–water partition coefficient (Wildman–Crippen LogP) is 4.14. The monoisotopic (exact) mass is 363 g/mol. The van der Waals surface area contributed by atoms with Crippen molar-refractivity contribution in [3.05, 3.63) is 23.2 Å². The van der Waals surface area contributed by atoms with E-state index in [9.17, 15) is 18.4 Å². The molecule has 0 unspecified atom stereocenters. The van der Waals surface area contributed by atoms with E-state index in [0.29, 0.717) is 34.9 Å². The van der Waals surface area contributed by atoms with Gasteiger partial charge in [0.05, 0.1) is 22.4 Å². The van der Waals surface area contributed by atoms with Crippen LogP contribution in [0.5, 0.6) is 0 Å². The summed E-state index contributed by atoms with van der Waals surface area (Å²) < 4.78 is 24.8. The van der Waals surface area contributed by atoms with Crippen LogP contribution in [0, 0.1) is 11.8 Å². The molecule has 0 aromatic heterocycles. The lowest BCUT2D eigenvalue weighted by molar-refractivity contribution is -0.141. The summed E-state index contributed by atoms with van der Waals surface area (Å²) in [6.07, 6.45) is -1.22. The highest BCUT2D eigenvalue weighted by Crippen LogP contribution is 2.37. The summed E-state index contributed by atoms with van der Waals surface area (Å²) in [7, 11) is 0. The molecule has 1 fully saturated rings. The third-order valence-corrected chi connectivity index (χ3v) is 5.31. The van der Waals surface area contributed by atoms with Crippen molar-refractivity contribution >= 4 is 40.9 Å². The summed E-state index contributed by atoms with van der Waals surface area (Å²) in [5.41, 5.74) is 0.381. The van der Waals surface area contributed by atoms with E-state index in [4.69, 9.17) is 16.7 Å². The first-order valence-electron chi connectivity index (χ1n) is 7.11. The van der Waals surface area contributed by atoms with Gasteiger partial charge >= 0.3 is 5.97 Å². The van der Waals surface area contributed by atoms with Gasteiger partial charge in [-0.25, -0.2) is 8.78 Å². The molecule has 23 heavy (non-hydrogen) atoms. The summed E-state index contributed by atoms with van der Waals surface area (Å²) in [5, 5.41) is 12.0. The topological polar surface area (TPSA) is 66.4 Å². The van der Waals surface area contributed by atoms with Gasteiger partial charge in [0.2, 0.25) is 12.3 Å². The lowest BCUT2D eigenvalue weighted by atomic mass is 10.0. The molecule has 1 saturated carbocycles. The third-order valence-electron chi connectivity index (χ3n) is 3.73. The Bertz CT molecular complexity index is 600. The summed E-state index contributed by atoms with van der Waals surface area (Å²) in [6.45, 7) is 0. The molecule has 0 saturated heterocycles. The number of amides is 1. The number of halogens is 3. The number of rotatable bonds is 6. The first-order chi connectivity index (χ1) is 10.9. The van der Waals surface area contributed by atoms with Gasteiger partial charge < -0.3 is 10.4 Å². The Morgan fingerprint density at radius 2 is 2.04 bits per heavy atom. The summed E-state index contributed by atoms with van der Waals surface area (Å²) in [6, 6.07) is 4.79. The van der Waals surface area contributed by atoms with Crippen LogP contribution in [0.1, 0.15) is 19.3 Å². The number of aliphatic carboxylic acids is 1. The third kappa shape index (κ3) is 4.81. The Morgan fingerprint density at radius 3 is 2.65 bits per heavy atom. The lowest BCUT2D eigenvalue weighted by Crippen LogP contribution is -2.22. The quantitative estimate of drug-likeness (QED) is 0.745. The fraction of sp³-hybridized carbons (Fsp3) is 0.467. The average molecular weight is 364 g/mol. The van der Waals surface area contributed by atoms with Crippen molar-refractivity contribution in [3.63, 3.8) is 0 Å². The Kier molecular flexibility index (Phi) is 6.24. The number of carbonyl (C=O) groups excluding carboxylic acids is 1. The van der Waals surface area contributed by atoms with Crippen molar-refractivity contribution in [2.75, 3.05) is 11.1 Å². The van der Waals surface area contributed by atoms with Crippen molar-refractivity contribution in [1.29, 1.82) is 0 Å². The van der Waals surface area contributed by atoms with Crippen LogP contribution >= 0.6 is 23.4 Å². The maximum absolute atomic E-state index is 12.4. The molecule has 2 rings (SSSR count). The van der Waals surface area contributed by atoms with Crippen molar-refractivity contribution in [2.45, 2.75) is 30.6 Å². The Morgan fingerprint density at radius 1 is 1.35 bits per heavy atom. The molecule has 126 valence electrons. The van der Waals surface area contributed by atoms with Gasteiger partial charge in [0, 0.05) is 10.8 Å². The zero-order valence-electron chi connectivity index (χ0n) is 12.1. The van der Waals surface area contributed by atoms with E-state index in [1.54, 1.807) is 18.2 Å². The van der Waals surface area contributed by atoms with Crippen LogP contribution < -0.4 is 5.32 Å². The maximum Gasteiger partial charge on any atom is 0.306 e. The van der Waals surface area contributed by atoms with E-state index in [1.807, 2.05) is 0 Å². The van der Waals surface area contributed by atoms with Crippen LogP contribution in [-0.4, -0.2) is 29.2 Å². The van der Waals surface area contributed by atoms with E-state index in [1.165, 1.54) is 0 Å². The summed E-state index contributed by atoms with van der Waals surface area (Å²) >= 11 is 6.91. The molecule has 0 bridgehead atoms. The molecule has 1 amide bonds. The zero-order chi connectivity index (χ0) is 17.0. The minimum absolute atomic E-state index is 0.293. The molecular weight excluding hydrogens is 348 g/mol. The van der Waals surface area contributed by atoms with Crippen LogP contribution in [0.2, 0.25) is 5.02 Å². The minimum Gasteiger partial charge on any atom is -0.481 e. The highest BCUT2D eigenvalue weighted by Gasteiger charge is 2.34. The number of carboxylic acid groups (broad SMARTS) is 1.